The lowest BCUT2D eigenvalue weighted by molar-refractivity contribution is 0.141. The summed E-state index contributed by atoms with van der Waals surface area (Å²) >= 11 is 0. The first-order valence-electron chi connectivity index (χ1n) is 10.00. The van der Waals surface area contributed by atoms with Crippen LogP contribution >= 0.6 is 0 Å². The molecule has 0 bridgehead atoms. The van der Waals surface area contributed by atoms with Gasteiger partial charge in [0.25, 0.3) is 0 Å². The van der Waals surface area contributed by atoms with E-state index >= 15 is 0 Å². The van der Waals surface area contributed by atoms with Crippen molar-refractivity contribution < 1.29 is 31.8 Å². The molecule has 0 amide bonds. The molecule has 5 nitrogen and oxygen atoms in total. The van der Waals surface area contributed by atoms with Crippen molar-refractivity contribution in [3.05, 3.63) is 64.0 Å². The summed E-state index contributed by atoms with van der Waals surface area (Å²) in [5.74, 6) is -3.59. The maximum Gasteiger partial charge on any atom is 0.238 e. The summed E-state index contributed by atoms with van der Waals surface area (Å²) in [5.41, 5.74) is 0.546. The normalized spacial score (nSPS) is 15.4. The molecule has 0 atom stereocenters. The van der Waals surface area contributed by atoms with Gasteiger partial charge in [-0.3, -0.25) is 4.72 Å². The molecular formula is C22H26F3NO4S. The van der Waals surface area contributed by atoms with E-state index in [0.717, 1.165) is 6.07 Å². The lowest BCUT2D eigenvalue weighted by Crippen LogP contribution is -2.34. The van der Waals surface area contributed by atoms with E-state index in [0.29, 0.717) is 18.4 Å². The standard InChI is InChI=1S/C22H26F3NO4S/c1-13-3-4-16(18(23)7-13)9-17-20(25)19(24)8-14(2)21(17)26-31(29,30)22(5-6-22)10-15(11-27)12-28/h3-4,7-8,15,26-28H,5-6,9-12H2,1-2H3. The zero-order valence-electron chi connectivity index (χ0n) is 17.4. The van der Waals surface area contributed by atoms with Crippen molar-refractivity contribution in [3.63, 3.8) is 0 Å². The highest BCUT2D eigenvalue weighted by Gasteiger charge is 2.55. The highest BCUT2D eigenvalue weighted by molar-refractivity contribution is 7.94. The van der Waals surface area contributed by atoms with E-state index in [4.69, 9.17) is 0 Å². The summed E-state index contributed by atoms with van der Waals surface area (Å²) in [5, 5.41) is 18.7. The largest absolute Gasteiger partial charge is 0.396 e. The first-order chi connectivity index (χ1) is 14.5. The quantitative estimate of drug-likeness (QED) is 0.537. The van der Waals surface area contributed by atoms with Crippen LogP contribution in [0.3, 0.4) is 0 Å². The average molecular weight is 458 g/mol. The third kappa shape index (κ3) is 4.73. The highest BCUT2D eigenvalue weighted by Crippen LogP contribution is 2.49. The smallest absolute Gasteiger partial charge is 0.238 e. The summed E-state index contributed by atoms with van der Waals surface area (Å²) in [7, 11) is -4.06. The minimum absolute atomic E-state index is 0.0416. The topological polar surface area (TPSA) is 86.6 Å². The molecule has 0 unspecified atom stereocenters. The van der Waals surface area contributed by atoms with E-state index in [9.17, 15) is 31.8 Å². The molecule has 170 valence electrons. The summed E-state index contributed by atoms with van der Waals surface area (Å²) < 4.78 is 70.7. The molecule has 0 spiro atoms. The number of aryl methyl sites for hydroxylation is 2. The van der Waals surface area contributed by atoms with E-state index in [1.165, 1.54) is 19.1 Å². The molecule has 2 aromatic carbocycles. The molecule has 1 aliphatic rings. The molecule has 1 fully saturated rings. The minimum Gasteiger partial charge on any atom is -0.396 e. The van der Waals surface area contributed by atoms with Crippen LogP contribution in [0.1, 0.15) is 41.5 Å². The van der Waals surface area contributed by atoms with Gasteiger partial charge >= 0.3 is 0 Å². The molecule has 9 heteroatoms. The van der Waals surface area contributed by atoms with E-state index in [1.807, 2.05) is 0 Å². The molecular weight excluding hydrogens is 431 g/mol. The van der Waals surface area contributed by atoms with Crippen LogP contribution in [0.25, 0.3) is 0 Å². The SMILES string of the molecule is Cc1ccc(Cc2c(F)c(F)cc(C)c2NS(=O)(=O)C2(CC(CO)CO)CC2)c(F)c1. The van der Waals surface area contributed by atoms with Crippen molar-refractivity contribution in [3.8, 4) is 0 Å². The second kappa shape index (κ2) is 8.80. The Morgan fingerprint density at radius 1 is 1.06 bits per heavy atom. The Balaban J connectivity index is 2.00. The van der Waals surface area contributed by atoms with Gasteiger partial charge in [-0.25, -0.2) is 21.6 Å². The number of halogens is 3. The van der Waals surface area contributed by atoms with Crippen LogP contribution in [-0.4, -0.2) is 36.6 Å². The van der Waals surface area contributed by atoms with Crippen molar-refractivity contribution in [1.82, 2.24) is 0 Å². The lowest BCUT2D eigenvalue weighted by Gasteiger charge is -2.24. The van der Waals surface area contributed by atoms with Gasteiger partial charge in [0.1, 0.15) is 5.82 Å². The molecule has 1 saturated carbocycles. The zero-order valence-corrected chi connectivity index (χ0v) is 18.2. The van der Waals surface area contributed by atoms with Gasteiger partial charge in [-0.05, 0) is 61.9 Å². The Labute approximate surface area is 180 Å². The summed E-state index contributed by atoms with van der Waals surface area (Å²) in [6.45, 7) is 2.41. The van der Waals surface area contributed by atoms with Crippen LogP contribution in [0.15, 0.2) is 24.3 Å². The molecule has 3 rings (SSSR count). The first-order valence-corrected chi connectivity index (χ1v) is 11.5. The van der Waals surface area contributed by atoms with Gasteiger partial charge in [0, 0.05) is 31.1 Å². The lowest BCUT2D eigenvalue weighted by atomic mass is 9.98. The van der Waals surface area contributed by atoms with E-state index < -0.39 is 38.1 Å². The number of hydrogen-bond acceptors (Lipinski definition) is 4. The highest BCUT2D eigenvalue weighted by atomic mass is 32.2. The molecule has 0 aromatic heterocycles. The predicted octanol–water partition coefficient (Wildman–Crippen LogP) is 3.58. The number of hydrogen-bond donors (Lipinski definition) is 3. The predicted molar refractivity (Wildman–Crippen MR) is 112 cm³/mol. The van der Waals surface area contributed by atoms with Crippen LogP contribution in [0, 0.1) is 37.2 Å². The molecule has 1 aliphatic carbocycles. The van der Waals surface area contributed by atoms with Crippen LogP contribution in [0.2, 0.25) is 0 Å². The van der Waals surface area contributed by atoms with Crippen molar-refractivity contribution in [2.45, 2.75) is 44.3 Å². The van der Waals surface area contributed by atoms with Gasteiger partial charge in [-0.2, -0.15) is 0 Å². The van der Waals surface area contributed by atoms with E-state index in [-0.39, 0.29) is 48.4 Å². The van der Waals surface area contributed by atoms with E-state index in [1.54, 1.807) is 13.0 Å². The minimum atomic E-state index is -4.06. The van der Waals surface area contributed by atoms with Crippen molar-refractivity contribution in [2.75, 3.05) is 17.9 Å². The van der Waals surface area contributed by atoms with Crippen LogP contribution in [0.5, 0.6) is 0 Å². The monoisotopic (exact) mass is 457 g/mol. The van der Waals surface area contributed by atoms with Crippen LogP contribution < -0.4 is 4.72 Å². The Hall–Kier alpha value is -2.10. The van der Waals surface area contributed by atoms with Crippen molar-refractivity contribution in [1.29, 1.82) is 0 Å². The van der Waals surface area contributed by atoms with Gasteiger partial charge in [0.15, 0.2) is 11.6 Å². The summed E-state index contributed by atoms with van der Waals surface area (Å²) in [6.07, 6.45) is 0.351. The van der Waals surface area contributed by atoms with E-state index in [2.05, 4.69) is 4.72 Å². The van der Waals surface area contributed by atoms with Crippen molar-refractivity contribution >= 4 is 15.7 Å². The maximum atomic E-state index is 14.7. The second-order valence-electron chi connectivity index (χ2n) is 8.34. The van der Waals surface area contributed by atoms with Gasteiger partial charge in [0.2, 0.25) is 10.0 Å². The Morgan fingerprint density at radius 3 is 2.26 bits per heavy atom. The first kappa shape index (κ1) is 23.6. The van der Waals surface area contributed by atoms with Crippen LogP contribution in [0.4, 0.5) is 18.9 Å². The zero-order chi connectivity index (χ0) is 23.0. The second-order valence-corrected chi connectivity index (χ2v) is 10.4. The number of anilines is 1. The summed E-state index contributed by atoms with van der Waals surface area (Å²) in [6, 6.07) is 5.26. The van der Waals surface area contributed by atoms with Crippen molar-refractivity contribution in [2.24, 2.45) is 5.92 Å². The molecule has 0 radical (unpaired) electrons. The molecule has 31 heavy (non-hydrogen) atoms. The van der Waals surface area contributed by atoms with Gasteiger partial charge in [-0.15, -0.1) is 0 Å². The summed E-state index contributed by atoms with van der Waals surface area (Å²) in [4.78, 5) is 0. The average Bonchev–Trinajstić information content (AvgIpc) is 3.50. The maximum absolute atomic E-state index is 14.7. The number of aliphatic hydroxyl groups is 2. The Bertz CT molecular complexity index is 1080. The molecule has 2 aromatic rings. The van der Waals surface area contributed by atoms with Crippen LogP contribution in [-0.2, 0) is 16.4 Å². The van der Waals surface area contributed by atoms with Gasteiger partial charge in [0.05, 0.1) is 10.4 Å². The number of nitrogens with one attached hydrogen (secondary N) is 1. The third-order valence-corrected chi connectivity index (χ3v) is 8.07. The molecule has 0 saturated heterocycles. The number of aliphatic hydroxyl groups excluding tert-OH is 2. The van der Waals surface area contributed by atoms with Gasteiger partial charge < -0.3 is 10.2 Å². The fourth-order valence-corrected chi connectivity index (χ4v) is 5.65. The number of benzene rings is 2. The molecule has 0 aliphatic heterocycles. The third-order valence-electron chi connectivity index (χ3n) is 5.88. The Morgan fingerprint density at radius 2 is 1.71 bits per heavy atom. The number of sulfonamides is 1. The molecule has 3 N–H and O–H groups in total. The number of rotatable bonds is 9. The fourth-order valence-electron chi connectivity index (χ4n) is 3.79. The fraction of sp³-hybridized carbons (Fsp3) is 0.455. The molecule has 0 heterocycles. The Kier molecular flexibility index (Phi) is 6.69. The van der Waals surface area contributed by atoms with Gasteiger partial charge in [-0.1, -0.05) is 12.1 Å².